The van der Waals surface area contributed by atoms with Gasteiger partial charge in [0.05, 0.1) is 5.75 Å². The fourth-order valence-electron chi connectivity index (χ4n) is 1.99. The van der Waals surface area contributed by atoms with Gasteiger partial charge in [0, 0.05) is 15.6 Å². The quantitative estimate of drug-likeness (QED) is 0.570. The van der Waals surface area contributed by atoms with E-state index in [0.29, 0.717) is 16.3 Å². The summed E-state index contributed by atoms with van der Waals surface area (Å²) in [6.07, 6.45) is -1.06. The minimum Gasteiger partial charge on any atom is -0.452 e. The molecule has 138 valence electrons. The van der Waals surface area contributed by atoms with Crippen molar-refractivity contribution >= 4 is 40.9 Å². The van der Waals surface area contributed by atoms with Crippen molar-refractivity contribution in [2.24, 2.45) is 0 Å². The van der Waals surface area contributed by atoms with Gasteiger partial charge in [-0.3, -0.25) is 9.59 Å². The number of carbonyl (C=O) groups is 2. The molecule has 4 nitrogen and oxygen atoms in total. The van der Waals surface area contributed by atoms with E-state index < -0.39 is 29.6 Å². The van der Waals surface area contributed by atoms with Crippen LogP contribution in [-0.2, 0) is 14.3 Å². The van der Waals surface area contributed by atoms with Gasteiger partial charge < -0.3 is 10.1 Å². The van der Waals surface area contributed by atoms with Gasteiger partial charge in [0.1, 0.15) is 11.6 Å². The first kappa shape index (κ1) is 20.2. The highest BCUT2D eigenvalue weighted by atomic mass is 35.5. The Kier molecular flexibility index (Phi) is 6.99. The lowest BCUT2D eigenvalue weighted by Gasteiger charge is -2.15. The van der Waals surface area contributed by atoms with Crippen molar-refractivity contribution < 1.29 is 23.1 Å². The highest BCUT2D eigenvalue weighted by molar-refractivity contribution is 8.00. The predicted octanol–water partition coefficient (Wildman–Crippen LogP) is 4.59. The maximum absolute atomic E-state index is 13.5. The van der Waals surface area contributed by atoms with Gasteiger partial charge >= 0.3 is 5.97 Å². The van der Waals surface area contributed by atoms with Crippen LogP contribution in [-0.4, -0.2) is 23.7 Å². The maximum atomic E-state index is 13.5. The van der Waals surface area contributed by atoms with E-state index in [1.54, 1.807) is 25.1 Å². The van der Waals surface area contributed by atoms with Crippen LogP contribution < -0.4 is 5.32 Å². The number of hydrogen-bond donors (Lipinski definition) is 1. The zero-order valence-electron chi connectivity index (χ0n) is 14.0. The largest absolute Gasteiger partial charge is 0.452 e. The van der Waals surface area contributed by atoms with Gasteiger partial charge in [-0.15, -0.1) is 11.8 Å². The molecule has 0 spiro atoms. The molecule has 26 heavy (non-hydrogen) atoms. The van der Waals surface area contributed by atoms with Gasteiger partial charge in [0.25, 0.3) is 5.91 Å². The Labute approximate surface area is 158 Å². The Hall–Kier alpha value is -2.12. The van der Waals surface area contributed by atoms with E-state index in [2.05, 4.69) is 5.32 Å². The molecule has 0 saturated carbocycles. The molecule has 1 N–H and O–H groups in total. The number of thioether (sulfide) groups is 1. The normalized spacial score (nSPS) is 11.7. The topological polar surface area (TPSA) is 55.4 Å². The summed E-state index contributed by atoms with van der Waals surface area (Å²) in [5, 5.41) is 3.13. The summed E-state index contributed by atoms with van der Waals surface area (Å²) in [4.78, 5) is 24.0. The predicted molar refractivity (Wildman–Crippen MR) is 97.5 cm³/mol. The monoisotopic (exact) mass is 399 g/mol. The number of rotatable bonds is 6. The Bertz CT molecular complexity index is 832. The smallest absolute Gasteiger partial charge is 0.317 e. The van der Waals surface area contributed by atoms with E-state index >= 15 is 0 Å². The summed E-state index contributed by atoms with van der Waals surface area (Å²) in [5.41, 5.74) is 1.21. The summed E-state index contributed by atoms with van der Waals surface area (Å²) in [6.45, 7) is 3.17. The second-order valence-corrected chi connectivity index (χ2v) is 6.82. The van der Waals surface area contributed by atoms with Crippen LogP contribution in [0.5, 0.6) is 0 Å². The molecule has 2 rings (SSSR count). The first-order chi connectivity index (χ1) is 12.3. The number of benzene rings is 2. The van der Waals surface area contributed by atoms with E-state index in [1.165, 1.54) is 6.92 Å². The maximum Gasteiger partial charge on any atom is 0.317 e. The average molecular weight is 400 g/mol. The lowest BCUT2D eigenvalue weighted by molar-refractivity contribution is -0.150. The number of nitrogens with one attached hydrogen (secondary N) is 1. The molecule has 0 saturated heterocycles. The summed E-state index contributed by atoms with van der Waals surface area (Å²) >= 11 is 6.78. The zero-order valence-corrected chi connectivity index (χ0v) is 15.6. The van der Waals surface area contributed by atoms with E-state index in [9.17, 15) is 18.4 Å². The van der Waals surface area contributed by atoms with Gasteiger partial charge in [0.2, 0.25) is 0 Å². The molecule has 0 bridgehead atoms. The molecule has 0 unspecified atom stereocenters. The van der Waals surface area contributed by atoms with Gasteiger partial charge in [-0.1, -0.05) is 17.7 Å². The zero-order chi connectivity index (χ0) is 19.3. The first-order valence-corrected chi connectivity index (χ1v) is 8.97. The Morgan fingerprint density at radius 3 is 2.73 bits per heavy atom. The number of halogens is 3. The van der Waals surface area contributed by atoms with Crippen molar-refractivity contribution in [2.75, 3.05) is 11.1 Å². The molecule has 0 aliphatic carbocycles. The molecule has 2 aromatic carbocycles. The average Bonchev–Trinajstić information content (AvgIpc) is 2.59. The fraction of sp³-hybridized carbons (Fsp3) is 0.222. The van der Waals surface area contributed by atoms with Crippen LogP contribution in [0.2, 0.25) is 5.02 Å². The van der Waals surface area contributed by atoms with Crippen molar-refractivity contribution in [3.05, 3.63) is 58.6 Å². The Morgan fingerprint density at radius 2 is 2.00 bits per heavy atom. The number of carbonyl (C=O) groups excluding carboxylic acids is 2. The van der Waals surface area contributed by atoms with Crippen molar-refractivity contribution in [1.29, 1.82) is 0 Å². The molecule has 2 aromatic rings. The highest BCUT2D eigenvalue weighted by Crippen LogP contribution is 2.24. The van der Waals surface area contributed by atoms with Gasteiger partial charge in [-0.25, -0.2) is 8.78 Å². The molecular weight excluding hydrogens is 384 g/mol. The number of amides is 1. The molecule has 0 aliphatic rings. The summed E-state index contributed by atoms with van der Waals surface area (Å²) in [5.74, 6) is -2.73. The SMILES string of the molecule is Cc1c(Cl)cccc1NC(=O)[C@H](C)OC(=O)CSc1cc(F)ccc1F. The minimum atomic E-state index is -1.06. The van der Waals surface area contributed by atoms with Crippen LogP contribution in [0.4, 0.5) is 14.5 Å². The van der Waals surface area contributed by atoms with Gasteiger partial charge in [-0.05, 0) is 49.7 Å². The third-order valence-electron chi connectivity index (χ3n) is 3.44. The molecule has 0 aromatic heterocycles. The van der Waals surface area contributed by atoms with Crippen molar-refractivity contribution in [2.45, 2.75) is 24.8 Å². The number of esters is 1. The third kappa shape index (κ3) is 5.44. The standard InChI is InChI=1S/C18H16ClF2NO3S/c1-10-13(19)4-3-5-15(10)22-18(24)11(2)25-17(23)9-26-16-8-12(20)6-7-14(16)21/h3-8,11H,9H2,1-2H3,(H,22,24)/t11-/m0/s1. The minimum absolute atomic E-state index is 0.00592. The molecular formula is C18H16ClF2NO3S. The lowest BCUT2D eigenvalue weighted by atomic mass is 10.2. The Balaban J connectivity index is 1.89. The molecule has 0 fully saturated rings. The number of hydrogen-bond acceptors (Lipinski definition) is 4. The molecule has 1 amide bonds. The van der Waals surface area contributed by atoms with Gasteiger partial charge in [-0.2, -0.15) is 0 Å². The van der Waals surface area contributed by atoms with E-state index in [1.807, 2.05) is 0 Å². The first-order valence-electron chi connectivity index (χ1n) is 7.61. The number of ether oxygens (including phenoxy) is 1. The van der Waals surface area contributed by atoms with Crippen molar-refractivity contribution in [3.8, 4) is 0 Å². The third-order valence-corrected chi connectivity index (χ3v) is 4.86. The van der Waals surface area contributed by atoms with Crippen molar-refractivity contribution in [3.63, 3.8) is 0 Å². The van der Waals surface area contributed by atoms with Crippen LogP contribution >= 0.6 is 23.4 Å². The van der Waals surface area contributed by atoms with Crippen LogP contribution in [0.15, 0.2) is 41.3 Å². The van der Waals surface area contributed by atoms with Crippen LogP contribution in [0, 0.1) is 18.6 Å². The summed E-state index contributed by atoms with van der Waals surface area (Å²) < 4.78 is 31.6. The number of anilines is 1. The van der Waals surface area contributed by atoms with Crippen molar-refractivity contribution in [1.82, 2.24) is 0 Å². The lowest BCUT2D eigenvalue weighted by Crippen LogP contribution is -2.30. The van der Waals surface area contributed by atoms with Crippen LogP contribution in [0.25, 0.3) is 0 Å². The Morgan fingerprint density at radius 1 is 1.27 bits per heavy atom. The molecule has 1 atom stereocenters. The van der Waals surface area contributed by atoms with E-state index in [4.69, 9.17) is 16.3 Å². The van der Waals surface area contributed by atoms with E-state index in [-0.39, 0.29) is 10.6 Å². The molecule has 0 aliphatic heterocycles. The second-order valence-electron chi connectivity index (χ2n) is 5.40. The summed E-state index contributed by atoms with van der Waals surface area (Å²) in [7, 11) is 0. The molecule has 8 heteroatoms. The summed E-state index contributed by atoms with van der Waals surface area (Å²) in [6, 6.07) is 8.01. The highest BCUT2D eigenvalue weighted by Gasteiger charge is 2.19. The second kappa shape index (κ2) is 9.00. The van der Waals surface area contributed by atoms with Gasteiger partial charge in [0.15, 0.2) is 6.10 Å². The van der Waals surface area contributed by atoms with E-state index in [0.717, 1.165) is 30.0 Å². The molecule has 0 heterocycles. The fourth-order valence-corrected chi connectivity index (χ4v) is 2.90. The van der Waals surface area contributed by atoms with Crippen LogP contribution in [0.3, 0.4) is 0 Å². The van der Waals surface area contributed by atoms with Crippen LogP contribution in [0.1, 0.15) is 12.5 Å². The molecule has 0 radical (unpaired) electrons.